The molecule has 4 rings (SSSR count). The van der Waals surface area contributed by atoms with E-state index in [0.29, 0.717) is 6.42 Å². The number of urea groups is 1. The molecule has 2 N–H and O–H groups in total. The summed E-state index contributed by atoms with van der Waals surface area (Å²) >= 11 is 0. The fourth-order valence-corrected chi connectivity index (χ4v) is 4.97. The number of hydrogen-bond donors (Lipinski definition) is 2. The number of rotatable bonds is 7. The first-order valence-corrected chi connectivity index (χ1v) is 11.0. The van der Waals surface area contributed by atoms with E-state index < -0.39 is 5.54 Å². The highest BCUT2D eigenvalue weighted by Crippen LogP contribution is 2.37. The molecule has 31 heavy (non-hydrogen) atoms. The summed E-state index contributed by atoms with van der Waals surface area (Å²) in [7, 11) is 0. The molecule has 2 fully saturated rings. The van der Waals surface area contributed by atoms with Gasteiger partial charge in [0, 0.05) is 12.1 Å². The molecular formula is C24H31N5O2. The predicted molar refractivity (Wildman–Crippen MR) is 120 cm³/mol. The lowest BCUT2D eigenvalue weighted by molar-refractivity contribution is -0.134. The van der Waals surface area contributed by atoms with E-state index >= 15 is 0 Å². The molecule has 3 amide bonds. The van der Waals surface area contributed by atoms with E-state index in [1.54, 1.807) is 0 Å². The highest BCUT2D eigenvalue weighted by atomic mass is 16.2. The van der Waals surface area contributed by atoms with Gasteiger partial charge in [-0.25, -0.2) is 4.79 Å². The molecule has 0 spiro atoms. The Morgan fingerprint density at radius 2 is 1.94 bits per heavy atom. The van der Waals surface area contributed by atoms with E-state index in [1.165, 1.54) is 10.5 Å². The first-order valence-electron chi connectivity index (χ1n) is 11.0. The number of benzene rings is 1. The van der Waals surface area contributed by atoms with Crippen LogP contribution in [0.15, 0.2) is 48.7 Å². The third-order valence-electron chi connectivity index (χ3n) is 6.65. The molecule has 1 unspecified atom stereocenters. The van der Waals surface area contributed by atoms with Crippen LogP contribution in [0.5, 0.6) is 0 Å². The number of nitrogens with one attached hydrogen (secondary N) is 2. The Kier molecular flexibility index (Phi) is 5.96. The van der Waals surface area contributed by atoms with Crippen LogP contribution in [0.4, 0.5) is 4.79 Å². The number of aromatic amines is 1. The third-order valence-corrected chi connectivity index (χ3v) is 6.65. The fraction of sp³-hybridized carbons (Fsp3) is 0.458. The molecule has 0 bridgehead atoms. The zero-order valence-electron chi connectivity index (χ0n) is 18.4. The number of likely N-dealkylation sites (tertiary alicyclic amines) is 1. The standard InChI is InChI=1S/C24H31N5O2/c1-4-24(22(30)29(15-17(2)3)23(31)26-24)20-10-12-28(13-11-20)16-19-14-25-27-21(19)18-8-6-5-7-9-18/h5-9,14,20H,2,4,10-13,15-16H2,1,3H3,(H,25,27)(H,26,31). The highest BCUT2D eigenvalue weighted by Gasteiger charge is 2.54. The molecule has 2 aromatic rings. The lowest BCUT2D eigenvalue weighted by Gasteiger charge is -2.40. The molecule has 164 valence electrons. The predicted octanol–water partition coefficient (Wildman–Crippen LogP) is 3.57. The van der Waals surface area contributed by atoms with E-state index in [1.807, 2.05) is 38.2 Å². The first-order chi connectivity index (χ1) is 14.9. The van der Waals surface area contributed by atoms with Crippen molar-refractivity contribution in [2.24, 2.45) is 5.92 Å². The van der Waals surface area contributed by atoms with Gasteiger partial charge in [0.1, 0.15) is 5.54 Å². The van der Waals surface area contributed by atoms with Crippen molar-refractivity contribution in [1.29, 1.82) is 0 Å². The van der Waals surface area contributed by atoms with Crippen LogP contribution in [0.3, 0.4) is 0 Å². The van der Waals surface area contributed by atoms with E-state index in [0.717, 1.165) is 49.3 Å². The largest absolute Gasteiger partial charge is 0.325 e. The third kappa shape index (κ3) is 4.02. The highest BCUT2D eigenvalue weighted by molar-refractivity contribution is 6.07. The molecule has 7 nitrogen and oxygen atoms in total. The molecule has 2 saturated heterocycles. The summed E-state index contributed by atoms with van der Waals surface area (Å²) in [6.45, 7) is 10.6. The summed E-state index contributed by atoms with van der Waals surface area (Å²) in [6, 6.07) is 9.94. The molecule has 1 atom stereocenters. The van der Waals surface area contributed by atoms with Gasteiger partial charge in [-0.1, -0.05) is 49.4 Å². The van der Waals surface area contributed by atoms with Crippen molar-refractivity contribution in [3.63, 3.8) is 0 Å². The van der Waals surface area contributed by atoms with E-state index in [9.17, 15) is 9.59 Å². The van der Waals surface area contributed by atoms with Gasteiger partial charge in [-0.15, -0.1) is 0 Å². The number of amides is 3. The minimum absolute atomic E-state index is 0.0948. The van der Waals surface area contributed by atoms with Crippen molar-refractivity contribution in [2.75, 3.05) is 19.6 Å². The Labute approximate surface area is 183 Å². The second-order valence-electron chi connectivity index (χ2n) is 8.79. The molecule has 0 saturated carbocycles. The summed E-state index contributed by atoms with van der Waals surface area (Å²) in [5.41, 5.74) is 3.38. The van der Waals surface area contributed by atoms with Crippen LogP contribution in [0.2, 0.25) is 0 Å². The Morgan fingerprint density at radius 3 is 2.58 bits per heavy atom. The van der Waals surface area contributed by atoms with Gasteiger partial charge < -0.3 is 5.32 Å². The summed E-state index contributed by atoms with van der Waals surface area (Å²) in [5, 5.41) is 10.4. The molecule has 0 aliphatic carbocycles. The van der Waals surface area contributed by atoms with Gasteiger partial charge in [-0.05, 0) is 50.8 Å². The first kappa shape index (κ1) is 21.3. The number of carbonyl (C=O) groups excluding carboxylic acids is 2. The van der Waals surface area contributed by atoms with Gasteiger partial charge in [0.05, 0.1) is 18.4 Å². The average Bonchev–Trinajstić information content (AvgIpc) is 3.33. The zero-order valence-corrected chi connectivity index (χ0v) is 18.4. The monoisotopic (exact) mass is 421 g/mol. The lowest BCUT2D eigenvalue weighted by atomic mass is 9.75. The number of aromatic nitrogens is 2. The molecule has 1 aromatic heterocycles. The molecule has 0 radical (unpaired) electrons. The number of H-pyrrole nitrogens is 1. The van der Waals surface area contributed by atoms with Crippen molar-refractivity contribution < 1.29 is 9.59 Å². The van der Waals surface area contributed by atoms with Crippen molar-refractivity contribution in [1.82, 2.24) is 25.3 Å². The summed E-state index contributed by atoms with van der Waals surface area (Å²) < 4.78 is 0. The van der Waals surface area contributed by atoms with Gasteiger partial charge in [-0.3, -0.25) is 19.7 Å². The minimum Gasteiger partial charge on any atom is -0.323 e. The topological polar surface area (TPSA) is 81.3 Å². The molecule has 3 heterocycles. The minimum atomic E-state index is -0.788. The van der Waals surface area contributed by atoms with E-state index in [2.05, 4.69) is 39.1 Å². The van der Waals surface area contributed by atoms with Gasteiger partial charge in [0.2, 0.25) is 0 Å². The summed E-state index contributed by atoms with van der Waals surface area (Å²) in [5.74, 6) is 0.0425. The Morgan fingerprint density at radius 1 is 1.23 bits per heavy atom. The Balaban J connectivity index is 1.42. The maximum absolute atomic E-state index is 13.2. The van der Waals surface area contributed by atoms with Crippen LogP contribution in [-0.2, 0) is 11.3 Å². The van der Waals surface area contributed by atoms with Gasteiger partial charge in [0.15, 0.2) is 0 Å². The Hall–Kier alpha value is -2.93. The van der Waals surface area contributed by atoms with Crippen LogP contribution >= 0.6 is 0 Å². The van der Waals surface area contributed by atoms with Crippen LogP contribution in [0, 0.1) is 5.92 Å². The number of piperidine rings is 1. The number of imide groups is 1. The second kappa shape index (κ2) is 8.67. The van der Waals surface area contributed by atoms with E-state index in [-0.39, 0.29) is 24.4 Å². The number of nitrogens with zero attached hydrogens (tertiary/aromatic N) is 3. The van der Waals surface area contributed by atoms with Crippen LogP contribution in [0.25, 0.3) is 11.3 Å². The average molecular weight is 422 g/mol. The van der Waals surface area contributed by atoms with Gasteiger partial charge in [-0.2, -0.15) is 5.10 Å². The quantitative estimate of drug-likeness (QED) is 0.529. The smallest absolute Gasteiger partial charge is 0.323 e. The number of hydrogen-bond acceptors (Lipinski definition) is 4. The van der Waals surface area contributed by atoms with Crippen LogP contribution in [-0.4, -0.2) is 57.1 Å². The van der Waals surface area contributed by atoms with Crippen molar-refractivity contribution in [2.45, 2.75) is 45.2 Å². The van der Waals surface area contributed by atoms with Gasteiger partial charge in [0.25, 0.3) is 5.91 Å². The maximum atomic E-state index is 13.2. The van der Waals surface area contributed by atoms with Crippen molar-refractivity contribution in [3.8, 4) is 11.3 Å². The second-order valence-corrected chi connectivity index (χ2v) is 8.79. The normalized spacial score (nSPS) is 22.7. The van der Waals surface area contributed by atoms with Crippen molar-refractivity contribution >= 4 is 11.9 Å². The Bertz CT molecular complexity index is 961. The molecule has 1 aromatic carbocycles. The van der Waals surface area contributed by atoms with Crippen LogP contribution in [0.1, 0.15) is 38.7 Å². The SMILES string of the molecule is C=C(C)CN1C(=O)NC(CC)(C2CCN(Cc3cn[nH]c3-c3ccccc3)CC2)C1=O. The molecule has 2 aliphatic rings. The molecule has 7 heteroatoms. The van der Waals surface area contributed by atoms with Crippen molar-refractivity contribution in [3.05, 3.63) is 54.2 Å². The molecular weight excluding hydrogens is 390 g/mol. The lowest BCUT2D eigenvalue weighted by Crippen LogP contribution is -2.55. The number of carbonyl (C=O) groups is 2. The fourth-order valence-electron chi connectivity index (χ4n) is 4.97. The maximum Gasteiger partial charge on any atom is 0.325 e. The zero-order chi connectivity index (χ0) is 22.0. The molecule has 2 aliphatic heterocycles. The summed E-state index contributed by atoms with van der Waals surface area (Å²) in [6.07, 6.45) is 4.26. The van der Waals surface area contributed by atoms with Gasteiger partial charge >= 0.3 is 6.03 Å². The summed E-state index contributed by atoms with van der Waals surface area (Å²) in [4.78, 5) is 29.5. The van der Waals surface area contributed by atoms with Crippen LogP contribution < -0.4 is 5.32 Å². The van der Waals surface area contributed by atoms with E-state index in [4.69, 9.17) is 0 Å².